The van der Waals surface area contributed by atoms with Crippen LogP contribution in [0.5, 0.6) is 0 Å². The van der Waals surface area contributed by atoms with Crippen LogP contribution in [-0.4, -0.2) is 13.1 Å². The van der Waals surface area contributed by atoms with Gasteiger partial charge in [0.25, 0.3) is 0 Å². The fraction of sp³-hybridized carbons (Fsp3) is 0.375. The smallest absolute Gasteiger partial charge is 0.0314 e. The summed E-state index contributed by atoms with van der Waals surface area (Å²) < 4.78 is 2.39. The summed E-state index contributed by atoms with van der Waals surface area (Å²) in [5.41, 5.74) is 1.41. The monoisotopic (exact) mass is 415 g/mol. The molecule has 1 heterocycles. The van der Waals surface area contributed by atoms with Gasteiger partial charge in [0.15, 0.2) is 0 Å². The molecule has 1 aromatic carbocycles. The molecule has 0 bridgehead atoms. The Labute approximate surface area is 142 Å². The van der Waals surface area contributed by atoms with Crippen molar-refractivity contribution in [3.8, 4) is 0 Å². The topological polar surface area (TPSA) is 12.0 Å². The highest BCUT2D eigenvalue weighted by atomic mass is 79.9. The minimum absolute atomic E-state index is 0.631. The molecule has 0 spiro atoms. The Morgan fingerprint density at radius 1 is 1.10 bits per heavy atom. The highest BCUT2D eigenvalue weighted by Crippen LogP contribution is 2.26. The van der Waals surface area contributed by atoms with Gasteiger partial charge in [-0.15, -0.1) is 11.3 Å². The Bertz CT molecular complexity index is 522. The van der Waals surface area contributed by atoms with E-state index in [-0.39, 0.29) is 0 Å². The summed E-state index contributed by atoms with van der Waals surface area (Å²) >= 11 is 8.98. The molecule has 1 aromatic heterocycles. The molecule has 1 atom stereocenters. The lowest BCUT2D eigenvalue weighted by Gasteiger charge is -2.17. The number of hydrogen-bond acceptors (Lipinski definition) is 2. The van der Waals surface area contributed by atoms with Crippen molar-refractivity contribution >= 4 is 43.2 Å². The molecule has 1 unspecified atom stereocenters. The molecule has 0 aliphatic carbocycles. The molecular formula is C16H19Br2NS. The number of rotatable bonds is 7. The molecule has 0 amide bonds. The summed E-state index contributed by atoms with van der Waals surface area (Å²) in [7, 11) is 0. The maximum Gasteiger partial charge on any atom is 0.0314 e. The molecule has 0 fully saturated rings. The van der Waals surface area contributed by atoms with Crippen molar-refractivity contribution in [3.63, 3.8) is 0 Å². The van der Waals surface area contributed by atoms with Gasteiger partial charge in [-0.25, -0.2) is 0 Å². The van der Waals surface area contributed by atoms with E-state index in [9.17, 15) is 0 Å². The molecule has 0 aliphatic rings. The quantitative estimate of drug-likeness (QED) is 0.646. The third-order valence-corrected chi connectivity index (χ3v) is 5.76. The van der Waals surface area contributed by atoms with Gasteiger partial charge < -0.3 is 5.32 Å². The van der Waals surface area contributed by atoms with E-state index in [2.05, 4.69) is 79.8 Å². The first kappa shape index (κ1) is 16.2. The van der Waals surface area contributed by atoms with E-state index in [0.717, 1.165) is 30.4 Å². The molecule has 0 aliphatic heterocycles. The van der Waals surface area contributed by atoms with Gasteiger partial charge in [0, 0.05) is 13.8 Å². The lowest BCUT2D eigenvalue weighted by Crippen LogP contribution is -2.25. The lowest BCUT2D eigenvalue weighted by atomic mass is 9.95. The maximum absolute atomic E-state index is 3.64. The molecular weight excluding hydrogens is 398 g/mol. The van der Waals surface area contributed by atoms with E-state index >= 15 is 0 Å². The van der Waals surface area contributed by atoms with Crippen molar-refractivity contribution in [2.24, 2.45) is 5.92 Å². The first-order chi connectivity index (χ1) is 9.69. The average Bonchev–Trinajstić information content (AvgIpc) is 2.84. The molecule has 1 N–H and O–H groups in total. The van der Waals surface area contributed by atoms with Crippen molar-refractivity contribution in [2.45, 2.75) is 19.8 Å². The Hall–Kier alpha value is -0.160. The number of halogens is 2. The Morgan fingerprint density at radius 3 is 2.45 bits per heavy atom. The molecule has 108 valence electrons. The van der Waals surface area contributed by atoms with Gasteiger partial charge in [0.05, 0.1) is 0 Å². The second-order valence-corrected chi connectivity index (χ2v) is 7.67. The highest BCUT2D eigenvalue weighted by Gasteiger charge is 2.13. The second-order valence-electron chi connectivity index (χ2n) is 4.90. The van der Waals surface area contributed by atoms with Crippen LogP contribution in [0.4, 0.5) is 0 Å². The summed E-state index contributed by atoms with van der Waals surface area (Å²) in [5.74, 6) is 0.631. The third-order valence-electron chi connectivity index (χ3n) is 3.29. The normalized spacial score (nSPS) is 12.6. The van der Waals surface area contributed by atoms with Gasteiger partial charge in [0.2, 0.25) is 0 Å². The van der Waals surface area contributed by atoms with E-state index < -0.39 is 0 Å². The molecule has 1 nitrogen and oxygen atoms in total. The van der Waals surface area contributed by atoms with Crippen LogP contribution in [0.2, 0.25) is 0 Å². The highest BCUT2D eigenvalue weighted by molar-refractivity contribution is 9.10. The van der Waals surface area contributed by atoms with Crippen LogP contribution in [0.25, 0.3) is 0 Å². The van der Waals surface area contributed by atoms with Crippen LogP contribution >= 0.6 is 43.2 Å². The van der Waals surface area contributed by atoms with Crippen LogP contribution in [0, 0.1) is 5.92 Å². The predicted molar refractivity (Wildman–Crippen MR) is 95.6 cm³/mol. The summed E-state index contributed by atoms with van der Waals surface area (Å²) in [6.07, 6.45) is 2.24. The molecule has 4 heteroatoms. The van der Waals surface area contributed by atoms with Crippen LogP contribution in [0.3, 0.4) is 0 Å². The van der Waals surface area contributed by atoms with Crippen molar-refractivity contribution in [2.75, 3.05) is 13.1 Å². The summed E-state index contributed by atoms with van der Waals surface area (Å²) in [5, 5.41) is 5.65. The van der Waals surface area contributed by atoms with Crippen molar-refractivity contribution in [1.29, 1.82) is 0 Å². The van der Waals surface area contributed by atoms with E-state index in [1.807, 2.05) is 11.3 Å². The largest absolute Gasteiger partial charge is 0.317 e. The third kappa shape index (κ3) is 4.99. The maximum atomic E-state index is 3.64. The zero-order valence-electron chi connectivity index (χ0n) is 11.5. The minimum atomic E-state index is 0.631. The Balaban J connectivity index is 2.03. The summed E-state index contributed by atoms with van der Waals surface area (Å²) in [4.78, 5) is 1.45. The van der Waals surface area contributed by atoms with Crippen LogP contribution in [0.15, 0.2) is 44.7 Å². The standard InChI is InChI=1S/C16H19Br2NS/c1-2-19-11-13(10-16-15(18)7-8-20-16)9-12-3-5-14(17)6-4-12/h3-8,13,19H,2,9-11H2,1H3. The van der Waals surface area contributed by atoms with Crippen LogP contribution in [-0.2, 0) is 12.8 Å². The molecule has 0 saturated carbocycles. The van der Waals surface area contributed by atoms with Crippen molar-refractivity contribution in [1.82, 2.24) is 5.32 Å². The fourth-order valence-electron chi connectivity index (χ4n) is 2.25. The molecule has 2 rings (SSSR count). The fourth-order valence-corrected chi connectivity index (χ4v) is 4.15. The second kappa shape index (κ2) is 8.32. The summed E-state index contributed by atoms with van der Waals surface area (Å²) in [6.45, 7) is 4.26. The van der Waals surface area contributed by atoms with E-state index in [1.54, 1.807) is 0 Å². The van der Waals surface area contributed by atoms with Gasteiger partial charge in [-0.2, -0.15) is 0 Å². The molecule has 2 aromatic rings. The van der Waals surface area contributed by atoms with Gasteiger partial charge >= 0.3 is 0 Å². The van der Waals surface area contributed by atoms with Gasteiger partial charge in [-0.1, -0.05) is 35.0 Å². The van der Waals surface area contributed by atoms with Gasteiger partial charge in [0.1, 0.15) is 0 Å². The predicted octanol–water partition coefficient (Wildman–Crippen LogP) is 5.28. The van der Waals surface area contributed by atoms with Crippen LogP contribution < -0.4 is 5.32 Å². The zero-order chi connectivity index (χ0) is 14.4. The van der Waals surface area contributed by atoms with E-state index in [4.69, 9.17) is 0 Å². The van der Waals surface area contributed by atoms with Crippen molar-refractivity contribution < 1.29 is 0 Å². The van der Waals surface area contributed by atoms with E-state index in [0.29, 0.717) is 5.92 Å². The Kier molecular flexibility index (Phi) is 6.75. The average molecular weight is 417 g/mol. The minimum Gasteiger partial charge on any atom is -0.317 e. The van der Waals surface area contributed by atoms with Crippen molar-refractivity contribution in [3.05, 3.63) is 55.1 Å². The first-order valence-electron chi connectivity index (χ1n) is 6.86. The van der Waals surface area contributed by atoms with E-state index in [1.165, 1.54) is 14.9 Å². The number of nitrogens with one attached hydrogen (secondary N) is 1. The van der Waals surface area contributed by atoms with Crippen LogP contribution in [0.1, 0.15) is 17.4 Å². The molecule has 20 heavy (non-hydrogen) atoms. The lowest BCUT2D eigenvalue weighted by molar-refractivity contribution is 0.480. The number of thiophene rings is 1. The zero-order valence-corrected chi connectivity index (χ0v) is 15.5. The molecule has 0 saturated heterocycles. The molecule has 0 radical (unpaired) electrons. The van der Waals surface area contributed by atoms with Gasteiger partial charge in [-0.3, -0.25) is 0 Å². The first-order valence-corrected chi connectivity index (χ1v) is 9.32. The number of hydrogen-bond donors (Lipinski definition) is 1. The number of benzene rings is 1. The Morgan fingerprint density at radius 2 is 1.85 bits per heavy atom. The van der Waals surface area contributed by atoms with Gasteiger partial charge in [-0.05, 0) is 76.9 Å². The summed E-state index contributed by atoms with van der Waals surface area (Å²) in [6, 6.07) is 10.8. The SMILES string of the molecule is CCNCC(Cc1ccc(Br)cc1)Cc1sccc1Br.